The minimum atomic E-state index is -0.519. The maximum atomic E-state index is 13.4. The van der Waals surface area contributed by atoms with Crippen LogP contribution in [0.3, 0.4) is 0 Å². The fraction of sp³-hybridized carbons (Fsp3) is 0.217. The van der Waals surface area contributed by atoms with Gasteiger partial charge in [-0.1, -0.05) is 36.9 Å². The van der Waals surface area contributed by atoms with Gasteiger partial charge in [0.05, 0.1) is 5.69 Å². The van der Waals surface area contributed by atoms with E-state index in [2.05, 4.69) is 11.5 Å². The van der Waals surface area contributed by atoms with Crippen LogP contribution in [0.25, 0.3) is 10.8 Å². The second-order valence-electron chi connectivity index (χ2n) is 7.54. The molecule has 0 aromatic heterocycles. The molecule has 2 aliphatic rings. The zero-order chi connectivity index (χ0) is 22.0. The highest BCUT2D eigenvalue weighted by Crippen LogP contribution is 2.32. The molecule has 1 aliphatic carbocycles. The smallest absolute Gasteiger partial charge is 0.415 e. The number of carbonyl (C=O) groups excluding carboxylic acids is 1. The Balaban J connectivity index is 1.71. The average Bonchev–Trinajstić information content (AvgIpc) is 2.78. The Morgan fingerprint density at radius 3 is 2.52 bits per heavy atom. The summed E-state index contributed by atoms with van der Waals surface area (Å²) in [5, 5.41) is 26.6. The fourth-order valence-electron chi connectivity index (χ4n) is 3.63. The predicted molar refractivity (Wildman–Crippen MR) is 121 cm³/mol. The normalized spacial score (nSPS) is 18.7. The Morgan fingerprint density at radius 1 is 1.16 bits per heavy atom. The third kappa shape index (κ3) is 4.16. The fourth-order valence-corrected chi connectivity index (χ4v) is 3.63. The standard InChI is InChI=1S/C23H23N4O4/c1-16-6-5-9-21(31-23(28)26-12-10-25(2)11-13-26)22(16)27(30)20-15-18-8-4-3-7-17(18)14-19(20)24-29/h3-9,14-15,24H,1,10-13H2,2H3/q-1/b27-22-. The van der Waals surface area contributed by atoms with Crippen molar-refractivity contribution in [3.63, 3.8) is 0 Å². The number of ether oxygens (including phenoxy) is 1. The number of fused-ring (bicyclic) bond motifs is 1. The predicted octanol–water partition coefficient (Wildman–Crippen LogP) is 3.73. The van der Waals surface area contributed by atoms with Crippen molar-refractivity contribution in [1.82, 2.24) is 9.80 Å². The summed E-state index contributed by atoms with van der Waals surface area (Å²) in [5.74, 6) is 0.0939. The maximum Gasteiger partial charge on any atom is 0.415 e. The highest BCUT2D eigenvalue weighted by Gasteiger charge is 2.29. The van der Waals surface area contributed by atoms with Crippen LogP contribution in [0.15, 0.2) is 72.5 Å². The first kappa shape index (κ1) is 20.6. The van der Waals surface area contributed by atoms with Crippen LogP contribution in [0.2, 0.25) is 0 Å². The molecule has 1 amide bonds. The Morgan fingerprint density at radius 2 is 1.84 bits per heavy atom. The quantitative estimate of drug-likeness (QED) is 0.463. The Hall–Kier alpha value is -3.62. The van der Waals surface area contributed by atoms with Crippen LogP contribution < -0.4 is 5.48 Å². The lowest BCUT2D eigenvalue weighted by Gasteiger charge is -2.31. The Kier molecular flexibility index (Phi) is 5.75. The zero-order valence-electron chi connectivity index (χ0n) is 17.2. The molecule has 0 bridgehead atoms. The van der Waals surface area contributed by atoms with E-state index in [9.17, 15) is 15.2 Å². The number of rotatable bonds is 3. The molecule has 2 aromatic carbocycles. The molecule has 31 heavy (non-hydrogen) atoms. The van der Waals surface area contributed by atoms with E-state index in [0.29, 0.717) is 23.4 Å². The molecular formula is C23H23N4O4-. The van der Waals surface area contributed by atoms with Crippen molar-refractivity contribution in [2.24, 2.45) is 0 Å². The molecule has 1 fully saturated rings. The van der Waals surface area contributed by atoms with E-state index in [1.54, 1.807) is 35.3 Å². The molecule has 4 rings (SSSR count). The Labute approximate surface area is 180 Å². The van der Waals surface area contributed by atoms with Crippen molar-refractivity contribution in [3.05, 3.63) is 83.0 Å². The van der Waals surface area contributed by atoms with Gasteiger partial charge in [-0.3, -0.25) is 0 Å². The van der Waals surface area contributed by atoms with E-state index in [1.807, 2.05) is 36.8 Å². The molecule has 8 heteroatoms. The van der Waals surface area contributed by atoms with Gasteiger partial charge in [0, 0.05) is 37.8 Å². The zero-order valence-corrected chi connectivity index (χ0v) is 17.2. The summed E-state index contributed by atoms with van der Waals surface area (Å²) < 4.78 is 6.18. The molecule has 1 aliphatic heterocycles. The summed E-state index contributed by atoms with van der Waals surface area (Å²) in [7, 11) is 1.99. The van der Waals surface area contributed by atoms with Crippen LogP contribution >= 0.6 is 0 Å². The van der Waals surface area contributed by atoms with Crippen molar-refractivity contribution in [2.45, 2.75) is 0 Å². The van der Waals surface area contributed by atoms with E-state index in [4.69, 9.17) is 4.74 Å². The molecular weight excluding hydrogens is 396 g/mol. The van der Waals surface area contributed by atoms with Gasteiger partial charge in [-0.05, 0) is 36.0 Å². The molecule has 1 heterocycles. The number of carbonyl (C=O) groups is 1. The molecule has 160 valence electrons. The van der Waals surface area contributed by atoms with Crippen LogP contribution in [-0.2, 0) is 4.74 Å². The lowest BCUT2D eigenvalue weighted by Crippen LogP contribution is -2.47. The summed E-state index contributed by atoms with van der Waals surface area (Å²) in [6.07, 6.45) is 4.35. The topological polar surface area (TPSA) is 93.9 Å². The summed E-state index contributed by atoms with van der Waals surface area (Å²) in [5.41, 5.74) is 2.53. The molecule has 0 saturated carbocycles. The molecule has 2 aromatic rings. The van der Waals surface area contributed by atoms with Crippen LogP contribution in [0, 0.1) is 10.4 Å². The van der Waals surface area contributed by atoms with Crippen LogP contribution in [-0.4, -0.2) is 59.6 Å². The SMILES string of the molecule is C=C1C=CC=C(OC(=O)N2CCN(C)CC2)/C1=[N+](\[O-])c1cc2ccccc2cc1N[O-]. The number of nitrogens with zero attached hydrogens (tertiary/aromatic N) is 3. The first-order chi connectivity index (χ1) is 15.0. The van der Waals surface area contributed by atoms with E-state index in [-0.39, 0.29) is 22.8 Å². The van der Waals surface area contributed by atoms with E-state index in [1.165, 1.54) is 0 Å². The number of hydrogen-bond donors (Lipinski definition) is 1. The number of amides is 1. The Bertz CT molecular complexity index is 1130. The summed E-state index contributed by atoms with van der Waals surface area (Å²) >= 11 is 0. The highest BCUT2D eigenvalue weighted by molar-refractivity contribution is 6.12. The van der Waals surface area contributed by atoms with Gasteiger partial charge in [0.25, 0.3) is 5.71 Å². The third-order valence-corrected chi connectivity index (χ3v) is 5.44. The first-order valence-corrected chi connectivity index (χ1v) is 9.96. The number of allylic oxidation sites excluding steroid dienone is 4. The summed E-state index contributed by atoms with van der Waals surface area (Å²) in [6.45, 7) is 6.52. The van der Waals surface area contributed by atoms with Crippen LogP contribution in [0.4, 0.5) is 16.2 Å². The molecule has 1 saturated heterocycles. The molecule has 0 unspecified atom stereocenters. The summed E-state index contributed by atoms with van der Waals surface area (Å²) in [6, 6.07) is 10.7. The van der Waals surface area contributed by atoms with Crippen molar-refractivity contribution >= 4 is 34.0 Å². The van der Waals surface area contributed by atoms with Gasteiger partial charge in [-0.2, -0.15) is 4.74 Å². The number of nitrogens with one attached hydrogen (secondary N) is 1. The minimum Gasteiger partial charge on any atom is -0.761 e. The maximum absolute atomic E-state index is 13.4. The molecule has 0 spiro atoms. The number of hydrogen-bond acceptors (Lipinski definition) is 6. The average molecular weight is 419 g/mol. The van der Waals surface area contributed by atoms with Gasteiger partial charge in [-0.25, -0.2) is 4.79 Å². The van der Waals surface area contributed by atoms with Crippen molar-refractivity contribution in [3.8, 4) is 0 Å². The number of piperazine rings is 1. The van der Waals surface area contributed by atoms with Crippen molar-refractivity contribution in [2.75, 3.05) is 38.7 Å². The highest BCUT2D eigenvalue weighted by atomic mass is 16.6. The third-order valence-electron chi connectivity index (χ3n) is 5.44. The van der Waals surface area contributed by atoms with Gasteiger partial charge in [0.15, 0.2) is 0 Å². The molecule has 0 radical (unpaired) electrons. The van der Waals surface area contributed by atoms with Gasteiger partial charge < -0.3 is 30.4 Å². The lowest BCUT2D eigenvalue weighted by atomic mass is 10.0. The lowest BCUT2D eigenvalue weighted by molar-refractivity contribution is -0.359. The van der Waals surface area contributed by atoms with E-state index >= 15 is 0 Å². The number of likely N-dealkylation sites (N-methyl/N-ethyl adjacent to an activating group) is 1. The molecule has 8 nitrogen and oxygen atoms in total. The molecule has 0 atom stereocenters. The van der Waals surface area contributed by atoms with E-state index in [0.717, 1.165) is 23.9 Å². The summed E-state index contributed by atoms with van der Waals surface area (Å²) in [4.78, 5) is 16.4. The second kappa shape index (κ2) is 8.63. The van der Waals surface area contributed by atoms with Gasteiger partial charge in [-0.15, -0.1) is 0 Å². The number of benzene rings is 2. The first-order valence-electron chi connectivity index (χ1n) is 9.96. The molecule has 1 N–H and O–H groups in total. The monoisotopic (exact) mass is 419 g/mol. The van der Waals surface area contributed by atoms with Crippen LogP contribution in [0.5, 0.6) is 0 Å². The van der Waals surface area contributed by atoms with Gasteiger partial charge in [0.1, 0.15) is 0 Å². The number of anilines is 1. The van der Waals surface area contributed by atoms with Crippen LogP contribution in [0.1, 0.15) is 0 Å². The van der Waals surface area contributed by atoms with E-state index < -0.39 is 6.09 Å². The second-order valence-corrected chi connectivity index (χ2v) is 7.54. The van der Waals surface area contributed by atoms with Crippen molar-refractivity contribution < 1.29 is 14.3 Å². The van der Waals surface area contributed by atoms with Crippen molar-refractivity contribution in [1.29, 1.82) is 0 Å². The van der Waals surface area contributed by atoms with Gasteiger partial charge >= 0.3 is 6.09 Å². The van der Waals surface area contributed by atoms with Gasteiger partial charge in [0.2, 0.25) is 11.4 Å². The largest absolute Gasteiger partial charge is 0.761 e. The minimum absolute atomic E-state index is 0.0803.